The van der Waals surface area contributed by atoms with Gasteiger partial charge in [0.1, 0.15) is 5.82 Å². The number of carbonyl (C=O) groups is 1. The van der Waals surface area contributed by atoms with E-state index >= 15 is 0 Å². The van der Waals surface area contributed by atoms with Gasteiger partial charge in [0.05, 0.1) is 5.56 Å². The van der Waals surface area contributed by atoms with E-state index in [1.165, 1.54) is 6.08 Å². The van der Waals surface area contributed by atoms with E-state index in [1.807, 2.05) is 4.90 Å². The van der Waals surface area contributed by atoms with Gasteiger partial charge in [-0.2, -0.15) is 13.2 Å². The number of aromatic nitrogens is 2. The van der Waals surface area contributed by atoms with Crippen molar-refractivity contribution in [2.45, 2.75) is 31.9 Å². The van der Waals surface area contributed by atoms with Crippen molar-refractivity contribution >= 4 is 17.8 Å². The minimum atomic E-state index is -4.54. The molecule has 1 saturated carbocycles. The maximum absolute atomic E-state index is 13.5. The lowest BCUT2D eigenvalue weighted by molar-refractivity contribution is -0.137. The van der Waals surface area contributed by atoms with Crippen molar-refractivity contribution in [1.29, 1.82) is 0 Å². The van der Waals surface area contributed by atoms with E-state index < -0.39 is 17.6 Å². The molecule has 1 amide bonds. The third-order valence-electron chi connectivity index (χ3n) is 5.54. The topological polar surface area (TPSA) is 58.1 Å². The van der Waals surface area contributed by atoms with E-state index in [4.69, 9.17) is 0 Å². The average molecular weight is 434 g/mol. The van der Waals surface area contributed by atoms with Gasteiger partial charge in [-0.3, -0.25) is 4.79 Å². The Morgan fingerprint density at radius 3 is 2.48 bits per heavy atom. The van der Waals surface area contributed by atoms with Crippen LogP contribution in [-0.4, -0.2) is 35.7 Å². The molecular formula is C22H22F4N4O. The van der Waals surface area contributed by atoms with Crippen LogP contribution in [0.25, 0.3) is 6.08 Å². The Hall–Kier alpha value is -2.97. The van der Waals surface area contributed by atoms with Crippen LogP contribution in [-0.2, 0) is 6.18 Å². The molecule has 0 radical (unpaired) electrons. The molecule has 31 heavy (non-hydrogen) atoms. The number of hydrogen-bond acceptors (Lipinski definition) is 4. The lowest BCUT2D eigenvalue weighted by atomic mass is 9.98. The highest BCUT2D eigenvalue weighted by Gasteiger charge is 2.33. The number of hydrogen-bond donors (Lipinski definition) is 1. The summed E-state index contributed by atoms with van der Waals surface area (Å²) in [5.74, 6) is 0.241. The quantitative estimate of drug-likeness (QED) is 0.706. The molecule has 1 saturated heterocycles. The summed E-state index contributed by atoms with van der Waals surface area (Å²) in [6.45, 7) is 1.75. The summed E-state index contributed by atoms with van der Waals surface area (Å²) in [6, 6.07) is 5.86. The van der Waals surface area contributed by atoms with Crippen LogP contribution in [0.4, 0.5) is 23.4 Å². The first-order valence-electron chi connectivity index (χ1n) is 10.2. The predicted octanol–water partition coefficient (Wildman–Crippen LogP) is 4.46. The van der Waals surface area contributed by atoms with Gasteiger partial charge in [0.25, 0.3) is 5.91 Å². The zero-order valence-corrected chi connectivity index (χ0v) is 16.8. The molecule has 4 rings (SSSR count). The number of rotatable bonds is 5. The summed E-state index contributed by atoms with van der Waals surface area (Å²) < 4.78 is 53.1. The number of anilines is 1. The number of nitrogens with one attached hydrogen (secondary N) is 1. The van der Waals surface area contributed by atoms with Gasteiger partial charge >= 0.3 is 6.18 Å². The number of halogens is 4. The van der Waals surface area contributed by atoms with Gasteiger partial charge in [-0.15, -0.1) is 10.2 Å². The minimum Gasteiger partial charge on any atom is -0.354 e. The summed E-state index contributed by atoms with van der Waals surface area (Å²) >= 11 is 0. The Morgan fingerprint density at radius 1 is 1.13 bits per heavy atom. The second kappa shape index (κ2) is 8.64. The molecule has 0 bridgehead atoms. The van der Waals surface area contributed by atoms with Crippen LogP contribution in [0.15, 0.2) is 35.9 Å². The van der Waals surface area contributed by atoms with Gasteiger partial charge in [0.15, 0.2) is 11.5 Å². The van der Waals surface area contributed by atoms with Gasteiger partial charge in [-0.1, -0.05) is 11.6 Å². The van der Waals surface area contributed by atoms with Gasteiger partial charge in [0, 0.05) is 19.6 Å². The van der Waals surface area contributed by atoms with E-state index in [2.05, 4.69) is 15.5 Å². The number of benzene rings is 1. The molecule has 2 fully saturated rings. The lowest BCUT2D eigenvalue weighted by Gasteiger charge is -2.29. The molecule has 5 nitrogen and oxygen atoms in total. The molecule has 0 spiro atoms. The molecule has 164 valence electrons. The van der Waals surface area contributed by atoms with Crippen LogP contribution < -0.4 is 10.2 Å². The number of piperidine rings is 1. The Bertz CT molecular complexity index is 974. The Balaban J connectivity index is 1.38. The van der Waals surface area contributed by atoms with Gasteiger partial charge in [-0.05, 0) is 67.5 Å². The molecule has 1 N–H and O–H groups in total. The minimum absolute atomic E-state index is 0.155. The van der Waals surface area contributed by atoms with Crippen LogP contribution in [0.2, 0.25) is 0 Å². The van der Waals surface area contributed by atoms with Crippen molar-refractivity contribution in [2.24, 2.45) is 5.92 Å². The summed E-state index contributed by atoms with van der Waals surface area (Å²) in [5, 5.41) is 11.0. The summed E-state index contributed by atoms with van der Waals surface area (Å²) in [7, 11) is 0. The van der Waals surface area contributed by atoms with E-state index in [1.54, 1.807) is 12.1 Å². The van der Waals surface area contributed by atoms with E-state index in [0.717, 1.165) is 36.6 Å². The van der Waals surface area contributed by atoms with Crippen molar-refractivity contribution in [2.75, 3.05) is 24.5 Å². The van der Waals surface area contributed by atoms with Gasteiger partial charge < -0.3 is 10.2 Å². The molecule has 2 aromatic rings. The fraction of sp³-hybridized carbons (Fsp3) is 0.409. The van der Waals surface area contributed by atoms with Crippen LogP contribution >= 0.6 is 0 Å². The van der Waals surface area contributed by atoms with Crippen LogP contribution in [0.5, 0.6) is 0 Å². The second-order valence-corrected chi connectivity index (χ2v) is 7.95. The molecule has 2 aliphatic rings. The second-order valence-electron chi connectivity index (χ2n) is 7.95. The Labute approximate surface area is 177 Å². The third-order valence-corrected chi connectivity index (χ3v) is 5.54. The van der Waals surface area contributed by atoms with Crippen molar-refractivity contribution in [3.8, 4) is 0 Å². The average Bonchev–Trinajstić information content (AvgIpc) is 3.56. The molecule has 0 atom stereocenters. The molecular weight excluding hydrogens is 412 g/mol. The first-order chi connectivity index (χ1) is 14.8. The molecule has 1 aliphatic carbocycles. The summed E-state index contributed by atoms with van der Waals surface area (Å²) in [4.78, 5) is 14.0. The normalized spacial score (nSPS) is 16.9. The number of amides is 1. The van der Waals surface area contributed by atoms with E-state index in [0.29, 0.717) is 44.2 Å². The van der Waals surface area contributed by atoms with Crippen LogP contribution in [0.3, 0.4) is 0 Å². The first-order valence-corrected chi connectivity index (χ1v) is 10.2. The lowest BCUT2D eigenvalue weighted by Crippen LogP contribution is -2.32. The maximum Gasteiger partial charge on any atom is 0.416 e. The maximum atomic E-state index is 13.5. The van der Waals surface area contributed by atoms with Crippen molar-refractivity contribution in [3.63, 3.8) is 0 Å². The SMILES string of the molecule is O=C(NCC1CC1)c1ccc(N2CCC(=Cc3cc(F)ccc3C(F)(F)F)CC2)nn1. The van der Waals surface area contributed by atoms with Crippen LogP contribution in [0, 0.1) is 11.7 Å². The highest BCUT2D eigenvalue weighted by Crippen LogP contribution is 2.34. The van der Waals surface area contributed by atoms with Crippen LogP contribution in [0.1, 0.15) is 47.3 Å². The fourth-order valence-corrected chi connectivity index (χ4v) is 3.56. The fourth-order valence-electron chi connectivity index (χ4n) is 3.56. The predicted molar refractivity (Wildman–Crippen MR) is 108 cm³/mol. The number of alkyl halides is 3. The van der Waals surface area contributed by atoms with Crippen molar-refractivity contribution < 1.29 is 22.4 Å². The Kier molecular flexibility index (Phi) is 5.93. The zero-order chi connectivity index (χ0) is 22.0. The van der Waals surface area contributed by atoms with Gasteiger partial charge in [-0.25, -0.2) is 4.39 Å². The monoisotopic (exact) mass is 434 g/mol. The Morgan fingerprint density at radius 2 is 1.87 bits per heavy atom. The van der Waals surface area contributed by atoms with Gasteiger partial charge in [0.2, 0.25) is 0 Å². The highest BCUT2D eigenvalue weighted by atomic mass is 19.4. The molecule has 2 heterocycles. The van der Waals surface area contributed by atoms with E-state index in [-0.39, 0.29) is 17.2 Å². The van der Waals surface area contributed by atoms with Crippen molar-refractivity contribution in [3.05, 3.63) is 58.5 Å². The molecule has 1 aromatic heterocycles. The first kappa shape index (κ1) is 21.3. The molecule has 0 unspecified atom stereocenters. The molecule has 1 aromatic carbocycles. The molecule has 1 aliphatic heterocycles. The molecule has 9 heteroatoms. The summed E-state index contributed by atoms with van der Waals surface area (Å²) in [6.07, 6.45) is 0.240. The van der Waals surface area contributed by atoms with E-state index in [9.17, 15) is 22.4 Å². The van der Waals surface area contributed by atoms with Crippen molar-refractivity contribution in [1.82, 2.24) is 15.5 Å². The third kappa shape index (κ3) is 5.39. The highest BCUT2D eigenvalue weighted by molar-refractivity contribution is 5.92. The zero-order valence-electron chi connectivity index (χ0n) is 16.8. The largest absolute Gasteiger partial charge is 0.416 e. The number of carbonyl (C=O) groups excluding carboxylic acids is 1. The smallest absolute Gasteiger partial charge is 0.354 e. The standard InChI is InChI=1S/C22H22F4N4O/c23-17-3-4-18(22(24,25)26)16(12-17)11-14-7-9-30(10-8-14)20-6-5-19(28-29-20)21(31)27-13-15-1-2-15/h3-6,11-12,15H,1-2,7-10,13H2,(H,27,31). The summed E-state index contributed by atoms with van der Waals surface area (Å²) in [5.41, 5.74) is 0.0757. The number of nitrogens with zero attached hydrogens (tertiary/aromatic N) is 3.